The number of nitrogens with zero attached hydrogens (tertiary/aromatic N) is 2. The number of para-hydroxylation sites is 3. The number of aromatic nitrogens is 2. The number of hydrogen-bond acceptors (Lipinski definition) is 3. The van der Waals surface area contributed by atoms with Crippen LogP contribution in [-0.2, 0) is 6.42 Å². The van der Waals surface area contributed by atoms with E-state index in [2.05, 4.69) is 20.8 Å². The predicted molar refractivity (Wildman–Crippen MR) is 81.2 cm³/mol. The number of H-pyrrole nitrogens is 1. The van der Waals surface area contributed by atoms with Gasteiger partial charge in [-0.1, -0.05) is 30.3 Å². The highest BCUT2D eigenvalue weighted by atomic mass is 19.3. The monoisotopic (exact) mass is 313 g/mol. The van der Waals surface area contributed by atoms with Crippen LogP contribution in [-0.4, -0.2) is 16.6 Å². The molecule has 2 aromatic carbocycles. The quantitative estimate of drug-likeness (QED) is 0.774. The topological polar surface area (TPSA) is 61.7 Å². The Kier molecular flexibility index (Phi) is 4.20. The lowest BCUT2D eigenvalue weighted by molar-refractivity contribution is -0.0504. The minimum absolute atomic E-state index is 0.0823. The second-order valence-electron chi connectivity index (χ2n) is 5.01. The molecule has 4 nitrogen and oxygen atoms in total. The highest BCUT2D eigenvalue weighted by Gasteiger charge is 2.19. The average molecular weight is 313 g/mol. The van der Waals surface area contributed by atoms with E-state index < -0.39 is 12.5 Å². The molecule has 23 heavy (non-hydrogen) atoms. The minimum atomic E-state index is -2.90. The van der Waals surface area contributed by atoms with Gasteiger partial charge < -0.3 is 9.72 Å². The zero-order valence-corrected chi connectivity index (χ0v) is 12.0. The number of nitrogens with one attached hydrogen (secondary N) is 1. The number of imidazole rings is 1. The highest BCUT2D eigenvalue weighted by Crippen LogP contribution is 2.27. The first kappa shape index (κ1) is 15.0. The summed E-state index contributed by atoms with van der Waals surface area (Å²) in [6.07, 6.45) is 0.235. The SMILES string of the molecule is N#C[C@H](Cc1ccccc1OC(F)F)c1nc2ccccc2[nH]1. The molecule has 0 radical (unpaired) electrons. The molecule has 0 amide bonds. The van der Waals surface area contributed by atoms with Gasteiger partial charge in [-0.25, -0.2) is 4.98 Å². The fourth-order valence-electron chi connectivity index (χ4n) is 2.44. The molecule has 0 saturated carbocycles. The Morgan fingerprint density at radius 1 is 1.13 bits per heavy atom. The van der Waals surface area contributed by atoms with Crippen molar-refractivity contribution in [3.05, 3.63) is 59.9 Å². The maximum Gasteiger partial charge on any atom is 0.387 e. The predicted octanol–water partition coefficient (Wildman–Crippen LogP) is 4.01. The standard InChI is InChI=1S/C17H13F2N3O/c18-17(19)23-15-8-4-1-5-11(15)9-12(10-20)16-21-13-6-2-3-7-14(13)22-16/h1-8,12,17H,9H2,(H,21,22)/t12-/m0/s1. The third kappa shape index (κ3) is 3.29. The summed E-state index contributed by atoms with van der Waals surface area (Å²) in [5, 5.41) is 9.44. The summed E-state index contributed by atoms with van der Waals surface area (Å²) in [6.45, 7) is -2.90. The average Bonchev–Trinajstić information content (AvgIpc) is 2.97. The molecule has 0 unspecified atom stereocenters. The van der Waals surface area contributed by atoms with Crippen molar-refractivity contribution < 1.29 is 13.5 Å². The number of alkyl halides is 2. The molecule has 3 aromatic rings. The van der Waals surface area contributed by atoms with Crippen molar-refractivity contribution in [1.82, 2.24) is 9.97 Å². The van der Waals surface area contributed by atoms with E-state index in [1.807, 2.05) is 24.3 Å². The van der Waals surface area contributed by atoms with E-state index in [1.54, 1.807) is 18.2 Å². The zero-order chi connectivity index (χ0) is 16.2. The van der Waals surface area contributed by atoms with Crippen LogP contribution < -0.4 is 4.74 Å². The van der Waals surface area contributed by atoms with Gasteiger partial charge >= 0.3 is 6.61 Å². The number of rotatable bonds is 5. The lowest BCUT2D eigenvalue weighted by atomic mass is 9.99. The first-order valence-corrected chi connectivity index (χ1v) is 7.04. The molecule has 0 saturated heterocycles. The third-order valence-electron chi connectivity index (χ3n) is 3.51. The van der Waals surface area contributed by atoms with Gasteiger partial charge in [0.05, 0.1) is 17.1 Å². The Hall–Kier alpha value is -2.94. The van der Waals surface area contributed by atoms with Crippen molar-refractivity contribution in [3.63, 3.8) is 0 Å². The van der Waals surface area contributed by atoms with Crippen LogP contribution in [0.15, 0.2) is 48.5 Å². The van der Waals surface area contributed by atoms with Crippen molar-refractivity contribution >= 4 is 11.0 Å². The van der Waals surface area contributed by atoms with Gasteiger partial charge in [0.2, 0.25) is 0 Å². The van der Waals surface area contributed by atoms with Crippen LogP contribution in [0, 0.1) is 11.3 Å². The third-order valence-corrected chi connectivity index (χ3v) is 3.51. The van der Waals surface area contributed by atoms with Gasteiger partial charge in [-0.3, -0.25) is 0 Å². The number of fused-ring (bicyclic) bond motifs is 1. The fourth-order valence-corrected chi connectivity index (χ4v) is 2.44. The molecule has 1 atom stereocenters. The van der Waals surface area contributed by atoms with Crippen molar-refractivity contribution in [3.8, 4) is 11.8 Å². The van der Waals surface area contributed by atoms with Crippen LogP contribution in [0.4, 0.5) is 8.78 Å². The molecular formula is C17H13F2N3O. The summed E-state index contributed by atoms with van der Waals surface area (Å²) in [7, 11) is 0. The van der Waals surface area contributed by atoms with Crippen LogP contribution >= 0.6 is 0 Å². The Labute approximate surface area is 131 Å². The summed E-state index contributed by atoms with van der Waals surface area (Å²) in [6, 6.07) is 16.1. The second-order valence-corrected chi connectivity index (χ2v) is 5.01. The first-order valence-electron chi connectivity index (χ1n) is 7.04. The summed E-state index contributed by atoms with van der Waals surface area (Å²) in [5.41, 5.74) is 2.14. The fraction of sp³-hybridized carbons (Fsp3) is 0.176. The van der Waals surface area contributed by atoms with Crippen LogP contribution in [0.1, 0.15) is 17.3 Å². The van der Waals surface area contributed by atoms with Crippen LogP contribution in [0.2, 0.25) is 0 Å². The van der Waals surface area contributed by atoms with Gasteiger partial charge in [0, 0.05) is 0 Å². The molecule has 1 N–H and O–H groups in total. The summed E-state index contributed by atoms with van der Waals surface area (Å²) >= 11 is 0. The molecule has 0 fully saturated rings. The maximum atomic E-state index is 12.5. The molecule has 1 heterocycles. The zero-order valence-electron chi connectivity index (χ0n) is 12.0. The van der Waals surface area contributed by atoms with E-state index in [4.69, 9.17) is 0 Å². The molecule has 0 aliphatic carbocycles. The van der Waals surface area contributed by atoms with Crippen LogP contribution in [0.25, 0.3) is 11.0 Å². The molecule has 0 spiro atoms. The number of ether oxygens (including phenoxy) is 1. The van der Waals surface area contributed by atoms with Crippen molar-refractivity contribution in [1.29, 1.82) is 5.26 Å². The highest BCUT2D eigenvalue weighted by molar-refractivity contribution is 5.74. The maximum absolute atomic E-state index is 12.5. The number of aromatic amines is 1. The largest absolute Gasteiger partial charge is 0.435 e. The molecule has 3 rings (SSSR count). The molecule has 0 bridgehead atoms. The Balaban J connectivity index is 1.89. The number of halogens is 2. The Morgan fingerprint density at radius 3 is 2.61 bits per heavy atom. The van der Waals surface area contributed by atoms with Gasteiger partial charge in [0.15, 0.2) is 0 Å². The molecule has 116 valence electrons. The van der Waals surface area contributed by atoms with Crippen LogP contribution in [0.5, 0.6) is 5.75 Å². The smallest absolute Gasteiger partial charge is 0.387 e. The number of benzene rings is 2. The van der Waals surface area contributed by atoms with Gasteiger partial charge in [-0.15, -0.1) is 0 Å². The summed E-state index contributed by atoms with van der Waals surface area (Å²) < 4.78 is 29.5. The van der Waals surface area contributed by atoms with Gasteiger partial charge in [-0.05, 0) is 30.2 Å². The van der Waals surface area contributed by atoms with E-state index in [0.717, 1.165) is 11.0 Å². The van der Waals surface area contributed by atoms with Crippen molar-refractivity contribution in [2.75, 3.05) is 0 Å². The van der Waals surface area contributed by atoms with Gasteiger partial charge in [0.25, 0.3) is 0 Å². The lowest BCUT2D eigenvalue weighted by Gasteiger charge is -2.12. The van der Waals surface area contributed by atoms with Gasteiger partial charge in [0.1, 0.15) is 17.5 Å². The van der Waals surface area contributed by atoms with E-state index >= 15 is 0 Å². The number of nitriles is 1. The molecule has 6 heteroatoms. The number of hydrogen-bond donors (Lipinski definition) is 1. The first-order chi connectivity index (χ1) is 11.2. The van der Waals surface area contributed by atoms with E-state index in [0.29, 0.717) is 11.4 Å². The Bertz CT molecular complexity index is 821. The molecule has 0 aliphatic rings. The summed E-state index contributed by atoms with van der Waals surface area (Å²) in [5.74, 6) is 0.0178. The van der Waals surface area contributed by atoms with E-state index in [1.165, 1.54) is 6.07 Å². The Morgan fingerprint density at radius 2 is 1.87 bits per heavy atom. The molecule has 1 aromatic heterocycles. The van der Waals surface area contributed by atoms with Gasteiger partial charge in [-0.2, -0.15) is 14.0 Å². The van der Waals surface area contributed by atoms with E-state index in [9.17, 15) is 14.0 Å². The summed E-state index contributed by atoms with van der Waals surface area (Å²) in [4.78, 5) is 7.51. The van der Waals surface area contributed by atoms with Crippen molar-refractivity contribution in [2.24, 2.45) is 0 Å². The normalized spacial score (nSPS) is 12.3. The van der Waals surface area contributed by atoms with Crippen LogP contribution in [0.3, 0.4) is 0 Å². The van der Waals surface area contributed by atoms with E-state index in [-0.39, 0.29) is 12.2 Å². The molecule has 0 aliphatic heterocycles. The van der Waals surface area contributed by atoms with Crippen molar-refractivity contribution in [2.45, 2.75) is 19.0 Å². The second kappa shape index (κ2) is 6.44. The minimum Gasteiger partial charge on any atom is -0.435 e. The molecular weight excluding hydrogens is 300 g/mol. The lowest BCUT2D eigenvalue weighted by Crippen LogP contribution is -2.08.